The molecule has 1 N–H and O–H groups in total. The molecule has 2 heteroatoms. The Morgan fingerprint density at radius 3 is 2.43 bits per heavy atom. The number of benzene rings is 1. The molecule has 0 amide bonds. The number of piperidine rings is 1. The molecule has 1 saturated heterocycles. The van der Waals surface area contributed by atoms with Crippen LogP contribution in [0.2, 0.25) is 0 Å². The molecule has 0 radical (unpaired) electrons. The van der Waals surface area contributed by atoms with Gasteiger partial charge in [-0.1, -0.05) is 32.9 Å². The van der Waals surface area contributed by atoms with Gasteiger partial charge in [0.05, 0.1) is 11.4 Å². The summed E-state index contributed by atoms with van der Waals surface area (Å²) in [5.41, 5.74) is 3.24. The Morgan fingerprint density at radius 1 is 1.05 bits per heavy atom. The van der Waals surface area contributed by atoms with E-state index < -0.39 is 0 Å². The van der Waals surface area contributed by atoms with Crippen molar-refractivity contribution in [2.45, 2.75) is 58.9 Å². The van der Waals surface area contributed by atoms with E-state index in [4.69, 9.17) is 0 Å². The molecule has 2 aliphatic rings. The fourth-order valence-corrected chi connectivity index (χ4v) is 4.29. The summed E-state index contributed by atoms with van der Waals surface area (Å²) in [5, 5.41) is 3.87. The first-order valence-corrected chi connectivity index (χ1v) is 8.66. The van der Waals surface area contributed by atoms with E-state index in [0.717, 1.165) is 5.92 Å². The maximum absolute atomic E-state index is 3.87. The lowest BCUT2D eigenvalue weighted by Gasteiger charge is -2.32. The molecule has 1 saturated carbocycles. The van der Waals surface area contributed by atoms with Crippen LogP contribution in [0.3, 0.4) is 0 Å². The second kappa shape index (κ2) is 5.90. The number of nitrogens with zero attached hydrogens (tertiary/aromatic N) is 1. The van der Waals surface area contributed by atoms with E-state index >= 15 is 0 Å². The van der Waals surface area contributed by atoms with Gasteiger partial charge in [-0.2, -0.15) is 0 Å². The van der Waals surface area contributed by atoms with Crippen molar-refractivity contribution in [1.29, 1.82) is 0 Å². The van der Waals surface area contributed by atoms with Gasteiger partial charge < -0.3 is 10.2 Å². The van der Waals surface area contributed by atoms with Crippen LogP contribution in [0, 0.1) is 11.3 Å². The first kappa shape index (κ1) is 14.7. The van der Waals surface area contributed by atoms with Crippen LogP contribution in [-0.4, -0.2) is 19.1 Å². The Bertz CT molecular complexity index is 474. The van der Waals surface area contributed by atoms with Gasteiger partial charge in [0.25, 0.3) is 0 Å². The molecule has 2 fully saturated rings. The SMILES string of the molecule is CC1CC(C)(C)CC1Nc1ccccc1N1CCCCC1. The minimum atomic E-state index is 0.483. The molecule has 2 unspecified atom stereocenters. The minimum Gasteiger partial charge on any atom is -0.380 e. The van der Waals surface area contributed by atoms with Crippen LogP contribution in [-0.2, 0) is 0 Å². The third-order valence-corrected chi connectivity index (χ3v) is 5.28. The van der Waals surface area contributed by atoms with Gasteiger partial charge in [0, 0.05) is 19.1 Å². The quantitative estimate of drug-likeness (QED) is 0.849. The average Bonchev–Trinajstić information content (AvgIpc) is 2.73. The first-order valence-electron chi connectivity index (χ1n) is 8.66. The van der Waals surface area contributed by atoms with Gasteiger partial charge in [-0.25, -0.2) is 0 Å². The maximum Gasteiger partial charge on any atom is 0.0602 e. The van der Waals surface area contributed by atoms with E-state index in [0.29, 0.717) is 11.5 Å². The Morgan fingerprint density at radius 2 is 1.76 bits per heavy atom. The first-order chi connectivity index (χ1) is 10.1. The zero-order valence-corrected chi connectivity index (χ0v) is 13.9. The van der Waals surface area contributed by atoms with Gasteiger partial charge in [-0.15, -0.1) is 0 Å². The smallest absolute Gasteiger partial charge is 0.0602 e. The number of anilines is 2. The van der Waals surface area contributed by atoms with Crippen LogP contribution in [0.1, 0.15) is 52.9 Å². The second-order valence-corrected chi connectivity index (χ2v) is 7.87. The number of hydrogen-bond donors (Lipinski definition) is 1. The number of hydrogen-bond acceptors (Lipinski definition) is 2. The fraction of sp³-hybridized carbons (Fsp3) is 0.684. The summed E-state index contributed by atoms with van der Waals surface area (Å²) in [6.07, 6.45) is 6.67. The van der Waals surface area contributed by atoms with E-state index in [1.54, 1.807) is 0 Å². The molecule has 1 heterocycles. The van der Waals surface area contributed by atoms with Gasteiger partial charge >= 0.3 is 0 Å². The lowest BCUT2D eigenvalue weighted by molar-refractivity contribution is 0.366. The summed E-state index contributed by atoms with van der Waals surface area (Å²) in [4.78, 5) is 2.57. The van der Waals surface area contributed by atoms with Crippen molar-refractivity contribution >= 4 is 11.4 Å². The van der Waals surface area contributed by atoms with E-state index in [1.807, 2.05) is 0 Å². The molecule has 1 aliphatic carbocycles. The zero-order valence-electron chi connectivity index (χ0n) is 13.9. The summed E-state index contributed by atoms with van der Waals surface area (Å²) in [6, 6.07) is 9.52. The van der Waals surface area contributed by atoms with Crippen molar-refractivity contribution in [1.82, 2.24) is 0 Å². The number of para-hydroxylation sites is 2. The molecular weight excluding hydrogens is 256 g/mol. The minimum absolute atomic E-state index is 0.483. The highest BCUT2D eigenvalue weighted by Gasteiger charge is 2.36. The lowest BCUT2D eigenvalue weighted by Crippen LogP contribution is -2.31. The third kappa shape index (κ3) is 3.36. The standard InChI is InChI=1S/C19H30N2/c1-15-13-19(2,3)14-17(15)20-16-9-5-6-10-18(16)21-11-7-4-8-12-21/h5-6,9-10,15,17,20H,4,7-8,11-14H2,1-3H3. The molecule has 3 rings (SSSR count). The van der Waals surface area contributed by atoms with Crippen molar-refractivity contribution in [2.75, 3.05) is 23.3 Å². The monoisotopic (exact) mass is 286 g/mol. The van der Waals surface area contributed by atoms with E-state index in [-0.39, 0.29) is 0 Å². The summed E-state index contributed by atoms with van der Waals surface area (Å²) >= 11 is 0. The molecule has 2 nitrogen and oxygen atoms in total. The molecule has 116 valence electrons. The molecule has 1 aliphatic heterocycles. The molecule has 0 spiro atoms. The lowest BCUT2D eigenvalue weighted by atomic mass is 9.91. The Labute approximate surface area is 129 Å². The molecule has 1 aromatic rings. The van der Waals surface area contributed by atoms with Crippen molar-refractivity contribution in [3.8, 4) is 0 Å². The highest BCUT2D eigenvalue weighted by atomic mass is 15.2. The predicted octanol–water partition coefficient (Wildman–Crippen LogP) is 4.91. The highest BCUT2D eigenvalue weighted by molar-refractivity contribution is 5.70. The number of nitrogens with one attached hydrogen (secondary N) is 1. The molecule has 2 atom stereocenters. The van der Waals surface area contributed by atoms with E-state index in [2.05, 4.69) is 55.3 Å². The highest BCUT2D eigenvalue weighted by Crippen LogP contribution is 2.43. The Hall–Kier alpha value is -1.18. The largest absolute Gasteiger partial charge is 0.380 e. The van der Waals surface area contributed by atoms with Crippen LogP contribution in [0.5, 0.6) is 0 Å². The van der Waals surface area contributed by atoms with Crippen molar-refractivity contribution in [2.24, 2.45) is 11.3 Å². The molecule has 0 bridgehead atoms. The molecule has 0 aromatic heterocycles. The number of rotatable bonds is 3. The van der Waals surface area contributed by atoms with Gasteiger partial charge in [0.2, 0.25) is 0 Å². The van der Waals surface area contributed by atoms with Gasteiger partial charge in [-0.3, -0.25) is 0 Å². The molecule has 1 aromatic carbocycles. The third-order valence-electron chi connectivity index (χ3n) is 5.28. The summed E-state index contributed by atoms with van der Waals surface area (Å²) in [5.74, 6) is 0.759. The van der Waals surface area contributed by atoms with Crippen molar-refractivity contribution < 1.29 is 0 Å². The summed E-state index contributed by atoms with van der Waals surface area (Å²) in [6.45, 7) is 9.63. The van der Waals surface area contributed by atoms with Crippen LogP contribution in [0.25, 0.3) is 0 Å². The Balaban J connectivity index is 1.76. The van der Waals surface area contributed by atoms with Crippen LogP contribution >= 0.6 is 0 Å². The van der Waals surface area contributed by atoms with Gasteiger partial charge in [0.15, 0.2) is 0 Å². The van der Waals surface area contributed by atoms with Crippen molar-refractivity contribution in [3.63, 3.8) is 0 Å². The maximum atomic E-state index is 3.87. The summed E-state index contributed by atoms with van der Waals surface area (Å²) in [7, 11) is 0. The van der Waals surface area contributed by atoms with Crippen molar-refractivity contribution in [3.05, 3.63) is 24.3 Å². The second-order valence-electron chi connectivity index (χ2n) is 7.87. The average molecular weight is 286 g/mol. The summed E-state index contributed by atoms with van der Waals surface area (Å²) < 4.78 is 0. The van der Waals surface area contributed by atoms with Crippen LogP contribution < -0.4 is 10.2 Å². The molecule has 21 heavy (non-hydrogen) atoms. The Kier molecular flexibility index (Phi) is 4.14. The van der Waals surface area contributed by atoms with Crippen LogP contribution in [0.4, 0.5) is 11.4 Å². The zero-order chi connectivity index (χ0) is 14.9. The molecular formula is C19H30N2. The van der Waals surface area contributed by atoms with Gasteiger partial charge in [0.1, 0.15) is 0 Å². The fourth-order valence-electron chi connectivity index (χ4n) is 4.29. The van der Waals surface area contributed by atoms with Crippen LogP contribution in [0.15, 0.2) is 24.3 Å². The van der Waals surface area contributed by atoms with E-state index in [9.17, 15) is 0 Å². The predicted molar refractivity (Wildman–Crippen MR) is 92.1 cm³/mol. The van der Waals surface area contributed by atoms with Gasteiger partial charge in [-0.05, 0) is 55.6 Å². The van der Waals surface area contributed by atoms with E-state index in [1.165, 1.54) is 56.6 Å². The topological polar surface area (TPSA) is 15.3 Å². The normalized spacial score (nSPS) is 28.6.